The molecule has 0 aliphatic carbocycles. The van der Waals surface area contributed by atoms with Crippen molar-refractivity contribution in [3.8, 4) is 0 Å². The minimum absolute atomic E-state index is 0.0551. The van der Waals surface area contributed by atoms with E-state index in [1.165, 1.54) is 11.1 Å². The monoisotopic (exact) mass is 554 g/mol. The minimum atomic E-state index is -0.790. The number of aromatic nitrogens is 2. The van der Waals surface area contributed by atoms with Crippen molar-refractivity contribution in [2.24, 2.45) is 0 Å². The first-order valence-electron chi connectivity index (χ1n) is 14.8. The van der Waals surface area contributed by atoms with Crippen molar-refractivity contribution in [2.45, 2.75) is 95.4 Å². The SMILES string of the molecule is CO[C@@H]1COCC[C@@H]1NC1CCN(C(=O)c2cc(CC[C@H]3CCC[C@@H](c4ccc(C)cc4)O3)nc(CF)n2)CC1. The maximum atomic E-state index is 13.7. The van der Waals surface area contributed by atoms with Crippen molar-refractivity contribution in [1.82, 2.24) is 20.2 Å². The fourth-order valence-corrected chi connectivity index (χ4v) is 6.15. The zero-order valence-electron chi connectivity index (χ0n) is 23.8. The molecule has 3 aliphatic rings. The molecule has 8 nitrogen and oxygen atoms in total. The van der Waals surface area contributed by atoms with Crippen LogP contribution in [0.5, 0.6) is 0 Å². The van der Waals surface area contributed by atoms with Gasteiger partial charge >= 0.3 is 0 Å². The van der Waals surface area contributed by atoms with Crippen molar-refractivity contribution in [2.75, 3.05) is 33.4 Å². The summed E-state index contributed by atoms with van der Waals surface area (Å²) >= 11 is 0. The Kier molecular flexibility index (Phi) is 10.1. The van der Waals surface area contributed by atoms with Gasteiger partial charge in [0.1, 0.15) is 12.4 Å². The lowest BCUT2D eigenvalue weighted by Crippen LogP contribution is -2.54. The van der Waals surface area contributed by atoms with E-state index in [-0.39, 0.29) is 41.8 Å². The first-order chi connectivity index (χ1) is 19.5. The molecule has 1 aromatic carbocycles. The van der Waals surface area contributed by atoms with Crippen LogP contribution in [0.15, 0.2) is 30.3 Å². The van der Waals surface area contributed by atoms with Crippen molar-refractivity contribution in [3.05, 3.63) is 58.7 Å². The highest BCUT2D eigenvalue weighted by Gasteiger charge is 2.31. The van der Waals surface area contributed by atoms with Gasteiger partial charge in [-0.25, -0.2) is 14.4 Å². The smallest absolute Gasteiger partial charge is 0.272 e. The van der Waals surface area contributed by atoms with Crippen LogP contribution in [0.25, 0.3) is 0 Å². The molecule has 0 radical (unpaired) electrons. The second-order valence-electron chi connectivity index (χ2n) is 11.4. The van der Waals surface area contributed by atoms with Crippen molar-refractivity contribution >= 4 is 5.91 Å². The second-order valence-corrected chi connectivity index (χ2v) is 11.4. The Morgan fingerprint density at radius 1 is 1.12 bits per heavy atom. The van der Waals surface area contributed by atoms with E-state index >= 15 is 0 Å². The van der Waals surface area contributed by atoms with Gasteiger partial charge in [-0.3, -0.25) is 4.79 Å². The van der Waals surface area contributed by atoms with E-state index in [2.05, 4.69) is 46.5 Å². The number of rotatable bonds is 9. The largest absolute Gasteiger partial charge is 0.379 e. The van der Waals surface area contributed by atoms with Crippen LogP contribution in [0.2, 0.25) is 0 Å². The van der Waals surface area contributed by atoms with Gasteiger partial charge in [0.05, 0.1) is 24.9 Å². The average molecular weight is 555 g/mol. The molecule has 0 saturated carbocycles. The molecule has 0 unspecified atom stereocenters. The van der Waals surface area contributed by atoms with Crippen molar-refractivity contribution in [3.63, 3.8) is 0 Å². The van der Waals surface area contributed by atoms with Crippen LogP contribution in [0, 0.1) is 6.92 Å². The Morgan fingerprint density at radius 2 is 1.93 bits per heavy atom. The first kappa shape index (κ1) is 29.0. The summed E-state index contributed by atoms with van der Waals surface area (Å²) in [6.07, 6.45) is 7.44. The summed E-state index contributed by atoms with van der Waals surface area (Å²) in [4.78, 5) is 23.9. The summed E-state index contributed by atoms with van der Waals surface area (Å²) in [5.74, 6) is -0.0735. The fourth-order valence-electron chi connectivity index (χ4n) is 6.15. The van der Waals surface area contributed by atoms with Crippen LogP contribution in [-0.4, -0.2) is 78.5 Å². The van der Waals surface area contributed by atoms with Gasteiger partial charge in [-0.05, 0) is 69.9 Å². The molecule has 9 heteroatoms. The molecule has 40 heavy (non-hydrogen) atoms. The van der Waals surface area contributed by atoms with E-state index in [0.717, 1.165) is 51.6 Å². The first-order valence-corrected chi connectivity index (χ1v) is 14.8. The molecular weight excluding hydrogens is 511 g/mol. The summed E-state index contributed by atoms with van der Waals surface area (Å²) < 4.78 is 31.2. The molecule has 0 spiro atoms. The number of likely N-dealkylation sites (tertiary alicyclic amines) is 1. The van der Waals surface area contributed by atoms with Gasteiger partial charge in [-0.1, -0.05) is 29.8 Å². The van der Waals surface area contributed by atoms with E-state index in [1.54, 1.807) is 13.2 Å². The number of nitrogens with zero attached hydrogens (tertiary/aromatic N) is 3. The van der Waals surface area contributed by atoms with Gasteiger partial charge in [0.2, 0.25) is 0 Å². The van der Waals surface area contributed by atoms with Crippen molar-refractivity contribution < 1.29 is 23.4 Å². The third kappa shape index (κ3) is 7.43. The molecule has 5 rings (SSSR count). The number of carbonyl (C=O) groups excluding carboxylic acids is 1. The van der Waals surface area contributed by atoms with Gasteiger partial charge in [0.25, 0.3) is 5.91 Å². The zero-order chi connectivity index (χ0) is 27.9. The predicted molar refractivity (Wildman–Crippen MR) is 150 cm³/mol. The predicted octanol–water partition coefficient (Wildman–Crippen LogP) is 4.50. The van der Waals surface area contributed by atoms with Gasteiger partial charge in [0, 0.05) is 44.6 Å². The van der Waals surface area contributed by atoms with E-state index in [1.807, 2.05) is 4.90 Å². The van der Waals surface area contributed by atoms with E-state index in [9.17, 15) is 9.18 Å². The van der Waals surface area contributed by atoms with Gasteiger partial charge in [-0.15, -0.1) is 0 Å². The highest BCUT2D eigenvalue weighted by Crippen LogP contribution is 2.33. The summed E-state index contributed by atoms with van der Waals surface area (Å²) in [7, 11) is 1.72. The Hall–Kier alpha value is -2.46. The molecule has 218 valence electrons. The highest BCUT2D eigenvalue weighted by atomic mass is 19.1. The summed E-state index contributed by atoms with van der Waals surface area (Å²) in [5.41, 5.74) is 3.45. The number of amides is 1. The number of methoxy groups -OCH3 is 1. The molecule has 1 N–H and O–H groups in total. The van der Waals surface area contributed by atoms with Crippen LogP contribution in [-0.2, 0) is 27.3 Å². The van der Waals surface area contributed by atoms with E-state index in [4.69, 9.17) is 14.2 Å². The number of benzene rings is 1. The maximum absolute atomic E-state index is 13.7. The Balaban J connectivity index is 1.15. The van der Waals surface area contributed by atoms with E-state index < -0.39 is 6.67 Å². The number of piperidine rings is 1. The van der Waals surface area contributed by atoms with Crippen LogP contribution in [0.1, 0.15) is 84.2 Å². The lowest BCUT2D eigenvalue weighted by molar-refractivity contribution is -0.0547. The molecule has 4 heterocycles. The van der Waals surface area contributed by atoms with Crippen LogP contribution < -0.4 is 5.32 Å². The lowest BCUT2D eigenvalue weighted by Gasteiger charge is -2.38. The number of carbonyl (C=O) groups is 1. The molecule has 1 amide bonds. The lowest BCUT2D eigenvalue weighted by atomic mass is 9.95. The van der Waals surface area contributed by atoms with Gasteiger partial charge in [-0.2, -0.15) is 0 Å². The topological polar surface area (TPSA) is 85.8 Å². The second kappa shape index (κ2) is 13.9. The fraction of sp³-hybridized carbons (Fsp3) is 0.645. The van der Waals surface area contributed by atoms with Crippen LogP contribution >= 0.6 is 0 Å². The standard InChI is InChI=1S/C31H43FN4O4/c1-21-6-8-22(9-7-21)28-5-3-4-25(40-28)11-10-24-18-27(35-30(19-32)34-24)31(37)36-15-12-23(13-16-36)33-26-14-17-39-20-29(26)38-2/h6-9,18,23,25-26,28-29,33H,3-5,10-17,19-20H2,1-2H3/t25-,26+,28+,29-/m1/s1. The number of hydrogen-bond acceptors (Lipinski definition) is 7. The number of ether oxygens (including phenoxy) is 3. The minimum Gasteiger partial charge on any atom is -0.379 e. The van der Waals surface area contributed by atoms with Crippen LogP contribution in [0.3, 0.4) is 0 Å². The Bertz CT molecular complexity index is 1110. The zero-order valence-corrected chi connectivity index (χ0v) is 23.8. The Labute approximate surface area is 237 Å². The quantitative estimate of drug-likeness (QED) is 0.489. The maximum Gasteiger partial charge on any atom is 0.272 e. The molecule has 2 aromatic rings. The van der Waals surface area contributed by atoms with Gasteiger partial charge < -0.3 is 24.4 Å². The van der Waals surface area contributed by atoms with Gasteiger partial charge in [0.15, 0.2) is 5.82 Å². The molecular formula is C31H43FN4O4. The third-order valence-corrected chi connectivity index (χ3v) is 8.52. The van der Waals surface area contributed by atoms with Crippen molar-refractivity contribution in [1.29, 1.82) is 0 Å². The molecule has 3 fully saturated rings. The molecule has 0 bridgehead atoms. The molecule has 4 atom stereocenters. The number of alkyl halides is 1. The number of aryl methyl sites for hydroxylation is 2. The number of halogens is 1. The number of hydrogen-bond donors (Lipinski definition) is 1. The Morgan fingerprint density at radius 3 is 2.67 bits per heavy atom. The van der Waals surface area contributed by atoms with Crippen LogP contribution in [0.4, 0.5) is 4.39 Å². The summed E-state index contributed by atoms with van der Waals surface area (Å²) in [5, 5.41) is 3.72. The summed E-state index contributed by atoms with van der Waals surface area (Å²) in [6.45, 7) is 3.92. The van der Waals surface area contributed by atoms with E-state index in [0.29, 0.717) is 37.9 Å². The molecule has 3 aliphatic heterocycles. The third-order valence-electron chi connectivity index (χ3n) is 8.52. The average Bonchev–Trinajstić information content (AvgIpc) is 3.00. The normalized spacial score (nSPS) is 26.1. The number of nitrogens with one attached hydrogen (secondary N) is 1. The summed E-state index contributed by atoms with van der Waals surface area (Å²) in [6, 6.07) is 10.9. The highest BCUT2D eigenvalue weighted by molar-refractivity contribution is 5.92. The molecule has 3 saturated heterocycles. The molecule has 1 aromatic heterocycles.